The second-order valence-electron chi connectivity index (χ2n) is 5.78. The van der Waals surface area contributed by atoms with Crippen molar-refractivity contribution in [2.24, 2.45) is 5.10 Å². The summed E-state index contributed by atoms with van der Waals surface area (Å²) < 4.78 is 19.6. The van der Waals surface area contributed by atoms with Crippen LogP contribution in [0.5, 0.6) is 0 Å². The molecule has 2 aromatic carbocycles. The highest BCUT2D eigenvalue weighted by atomic mass is 19.1. The molecule has 1 aromatic heterocycles. The van der Waals surface area contributed by atoms with E-state index >= 15 is 0 Å². The fraction of sp³-hybridized carbons (Fsp3) is 0.100. The Bertz CT molecular complexity index is 920. The van der Waals surface area contributed by atoms with Gasteiger partial charge in [-0.2, -0.15) is 5.10 Å². The number of hydrogen-bond acceptors (Lipinski definition) is 3. The molecule has 0 radical (unpaired) electrons. The van der Waals surface area contributed by atoms with Crippen LogP contribution in [-0.2, 0) is 0 Å². The van der Waals surface area contributed by atoms with Gasteiger partial charge in [0.05, 0.1) is 17.5 Å². The molecule has 1 atom stereocenters. The van der Waals surface area contributed by atoms with E-state index in [4.69, 9.17) is 4.42 Å². The number of furan rings is 1. The van der Waals surface area contributed by atoms with Crippen LogP contribution in [0, 0.1) is 5.82 Å². The summed E-state index contributed by atoms with van der Waals surface area (Å²) in [6.45, 7) is 0. The number of benzene rings is 2. The molecule has 25 heavy (non-hydrogen) atoms. The Hall–Kier alpha value is -3.21. The predicted molar refractivity (Wildman–Crippen MR) is 91.6 cm³/mol. The highest BCUT2D eigenvalue weighted by Gasteiger charge is 2.36. The number of hydrazone groups is 1. The molecule has 0 unspecified atom stereocenters. The van der Waals surface area contributed by atoms with E-state index in [1.54, 1.807) is 30.5 Å². The molecule has 2 heterocycles. The van der Waals surface area contributed by atoms with Gasteiger partial charge in [-0.25, -0.2) is 9.40 Å². The summed E-state index contributed by atoms with van der Waals surface area (Å²) in [5, 5.41) is 5.81. The quantitative estimate of drug-likeness (QED) is 0.712. The van der Waals surface area contributed by atoms with E-state index < -0.39 is 17.8 Å². The molecular weight excluding hydrogens is 319 g/mol. The second kappa shape index (κ2) is 6.36. The zero-order valence-corrected chi connectivity index (χ0v) is 13.3. The molecule has 4 nitrogen and oxygen atoms in total. The fourth-order valence-corrected chi connectivity index (χ4v) is 2.96. The highest BCUT2D eigenvalue weighted by molar-refractivity contribution is 6.05. The number of amides is 1. The molecule has 0 bridgehead atoms. The first kappa shape index (κ1) is 15.3. The largest absolute Gasteiger partial charge is 0.467 e. The molecule has 0 spiro atoms. The van der Waals surface area contributed by atoms with E-state index in [9.17, 15) is 9.18 Å². The molecule has 3 aromatic rings. The molecule has 0 saturated carbocycles. The molecule has 1 aliphatic heterocycles. The zero-order valence-electron chi connectivity index (χ0n) is 13.3. The lowest BCUT2D eigenvalue weighted by atomic mass is 10.0. The van der Waals surface area contributed by atoms with Gasteiger partial charge < -0.3 is 4.42 Å². The van der Waals surface area contributed by atoms with Crippen molar-refractivity contribution in [1.82, 2.24) is 5.01 Å². The Balaban J connectivity index is 1.74. The maximum absolute atomic E-state index is 14.1. The van der Waals surface area contributed by atoms with Crippen LogP contribution < -0.4 is 0 Å². The van der Waals surface area contributed by atoms with Crippen LogP contribution in [-0.4, -0.2) is 16.6 Å². The standard InChI is InChI=1S/C20H15FN2O2/c21-16-10-5-4-9-15(16)20(24)23-18(19-11-6-12-25-19)13-17(22-23)14-7-2-1-3-8-14/h1-12,18H,13H2/t18-/m0/s1. The summed E-state index contributed by atoms with van der Waals surface area (Å²) in [6, 6.07) is 18.7. The zero-order chi connectivity index (χ0) is 17.2. The van der Waals surface area contributed by atoms with Gasteiger partial charge in [0.25, 0.3) is 5.91 Å². The number of rotatable bonds is 3. The van der Waals surface area contributed by atoms with Crippen molar-refractivity contribution in [2.75, 3.05) is 0 Å². The molecule has 1 amide bonds. The van der Waals surface area contributed by atoms with Crippen LogP contribution in [0.4, 0.5) is 4.39 Å². The van der Waals surface area contributed by atoms with Gasteiger partial charge in [0, 0.05) is 6.42 Å². The van der Waals surface area contributed by atoms with Gasteiger partial charge in [0.15, 0.2) is 0 Å². The maximum atomic E-state index is 14.1. The fourth-order valence-electron chi connectivity index (χ4n) is 2.96. The molecule has 124 valence electrons. The first-order valence-electron chi connectivity index (χ1n) is 7.98. The lowest BCUT2D eigenvalue weighted by Crippen LogP contribution is -2.27. The van der Waals surface area contributed by atoms with E-state index in [2.05, 4.69) is 5.10 Å². The average molecular weight is 334 g/mol. The monoisotopic (exact) mass is 334 g/mol. The Morgan fingerprint density at radius 1 is 1.04 bits per heavy atom. The van der Waals surface area contributed by atoms with Crippen molar-refractivity contribution in [3.8, 4) is 0 Å². The Labute approximate surface area is 144 Å². The van der Waals surface area contributed by atoms with Gasteiger partial charge in [-0.05, 0) is 29.8 Å². The minimum atomic E-state index is -0.561. The normalized spacial score (nSPS) is 16.8. The third-order valence-corrected chi connectivity index (χ3v) is 4.20. The Morgan fingerprint density at radius 2 is 1.80 bits per heavy atom. The van der Waals surface area contributed by atoms with E-state index in [1.165, 1.54) is 17.1 Å². The maximum Gasteiger partial charge on any atom is 0.277 e. The van der Waals surface area contributed by atoms with Crippen molar-refractivity contribution >= 4 is 11.6 Å². The van der Waals surface area contributed by atoms with E-state index in [0.717, 1.165) is 11.3 Å². The summed E-state index contributed by atoms with van der Waals surface area (Å²) in [7, 11) is 0. The third kappa shape index (κ3) is 2.85. The Morgan fingerprint density at radius 3 is 2.52 bits per heavy atom. The van der Waals surface area contributed by atoms with Crippen LogP contribution in [0.3, 0.4) is 0 Å². The highest BCUT2D eigenvalue weighted by Crippen LogP contribution is 2.34. The number of carbonyl (C=O) groups excluding carboxylic acids is 1. The summed E-state index contributed by atoms with van der Waals surface area (Å²) in [4.78, 5) is 12.9. The lowest BCUT2D eigenvalue weighted by Gasteiger charge is -2.20. The summed E-state index contributed by atoms with van der Waals surface area (Å²) in [5.74, 6) is -0.418. The van der Waals surface area contributed by atoms with Crippen LogP contribution in [0.15, 0.2) is 82.5 Å². The van der Waals surface area contributed by atoms with E-state index in [-0.39, 0.29) is 5.56 Å². The van der Waals surface area contributed by atoms with Gasteiger partial charge in [-0.15, -0.1) is 0 Å². The van der Waals surface area contributed by atoms with Gasteiger partial charge in [-0.1, -0.05) is 42.5 Å². The summed E-state index contributed by atoms with van der Waals surface area (Å²) in [5.41, 5.74) is 1.70. The van der Waals surface area contributed by atoms with Crippen LogP contribution in [0.1, 0.15) is 34.1 Å². The molecule has 0 fully saturated rings. The van der Waals surface area contributed by atoms with Crippen LogP contribution in [0.25, 0.3) is 0 Å². The second-order valence-corrected chi connectivity index (χ2v) is 5.78. The van der Waals surface area contributed by atoms with Crippen molar-refractivity contribution in [1.29, 1.82) is 0 Å². The smallest absolute Gasteiger partial charge is 0.277 e. The molecule has 0 saturated heterocycles. The molecule has 0 aliphatic carbocycles. The number of hydrogen-bond donors (Lipinski definition) is 0. The van der Waals surface area contributed by atoms with Crippen molar-refractivity contribution < 1.29 is 13.6 Å². The van der Waals surface area contributed by atoms with Crippen molar-refractivity contribution in [3.05, 3.63) is 95.7 Å². The predicted octanol–water partition coefficient (Wildman–Crippen LogP) is 4.41. The number of halogens is 1. The first-order valence-corrected chi connectivity index (χ1v) is 7.98. The molecule has 1 aliphatic rings. The van der Waals surface area contributed by atoms with Gasteiger partial charge in [-0.3, -0.25) is 4.79 Å². The summed E-state index contributed by atoms with van der Waals surface area (Å²) >= 11 is 0. The van der Waals surface area contributed by atoms with Gasteiger partial charge in [0.1, 0.15) is 17.6 Å². The Kier molecular flexibility index (Phi) is 3.90. The molecule has 4 rings (SSSR count). The van der Waals surface area contributed by atoms with Gasteiger partial charge >= 0.3 is 0 Å². The number of nitrogens with zero attached hydrogens (tertiary/aromatic N) is 2. The van der Waals surface area contributed by atoms with E-state index in [1.807, 2.05) is 30.3 Å². The minimum Gasteiger partial charge on any atom is -0.467 e. The average Bonchev–Trinajstić information content (AvgIpc) is 3.32. The minimum absolute atomic E-state index is 0.00267. The third-order valence-electron chi connectivity index (χ3n) is 4.20. The van der Waals surface area contributed by atoms with E-state index in [0.29, 0.717) is 12.2 Å². The first-order chi connectivity index (χ1) is 12.2. The lowest BCUT2D eigenvalue weighted by molar-refractivity contribution is 0.0688. The molecular formula is C20H15FN2O2. The molecule has 5 heteroatoms. The van der Waals surface area contributed by atoms with Crippen molar-refractivity contribution in [3.63, 3.8) is 0 Å². The molecule has 0 N–H and O–H groups in total. The summed E-state index contributed by atoms with van der Waals surface area (Å²) in [6.07, 6.45) is 2.07. The van der Waals surface area contributed by atoms with Crippen LogP contribution in [0.2, 0.25) is 0 Å². The van der Waals surface area contributed by atoms with Gasteiger partial charge in [0.2, 0.25) is 0 Å². The topological polar surface area (TPSA) is 45.8 Å². The number of carbonyl (C=O) groups is 1. The SMILES string of the molecule is O=C(c1ccccc1F)N1N=C(c2ccccc2)C[C@H]1c1ccco1. The van der Waals surface area contributed by atoms with Crippen LogP contribution >= 0.6 is 0 Å². The van der Waals surface area contributed by atoms with Crippen molar-refractivity contribution in [2.45, 2.75) is 12.5 Å².